The highest BCUT2D eigenvalue weighted by Crippen LogP contribution is 2.28. The van der Waals surface area contributed by atoms with Crippen molar-refractivity contribution in [3.8, 4) is 0 Å². The number of nitrogens with one attached hydrogen (secondary N) is 1. The highest BCUT2D eigenvalue weighted by molar-refractivity contribution is 7.99. The number of benzene rings is 1. The first kappa shape index (κ1) is 12.1. The molecule has 0 aliphatic carbocycles. The van der Waals surface area contributed by atoms with E-state index >= 15 is 0 Å². The highest BCUT2D eigenvalue weighted by Gasteiger charge is 2.24. The molecule has 1 heterocycles. The number of aliphatic hydroxyl groups is 1. The van der Waals surface area contributed by atoms with Crippen molar-refractivity contribution in [1.82, 2.24) is 0 Å². The molecule has 0 aromatic heterocycles. The number of anilines is 1. The summed E-state index contributed by atoms with van der Waals surface area (Å²) >= 11 is 7.80. The van der Waals surface area contributed by atoms with Crippen LogP contribution in [0.4, 0.5) is 5.69 Å². The van der Waals surface area contributed by atoms with E-state index in [1.165, 1.54) is 12.2 Å². The maximum absolute atomic E-state index is 9.40. The summed E-state index contributed by atoms with van der Waals surface area (Å²) in [4.78, 5) is 0. The van der Waals surface area contributed by atoms with Gasteiger partial charge in [-0.1, -0.05) is 11.6 Å². The average molecular weight is 258 g/mol. The third-order valence-electron chi connectivity index (χ3n) is 2.93. The van der Waals surface area contributed by atoms with Crippen molar-refractivity contribution in [3.63, 3.8) is 0 Å². The largest absolute Gasteiger partial charge is 0.394 e. The number of rotatable bonds is 4. The Labute approximate surface area is 105 Å². The maximum atomic E-state index is 9.40. The van der Waals surface area contributed by atoms with Gasteiger partial charge in [0.1, 0.15) is 0 Å². The van der Waals surface area contributed by atoms with Gasteiger partial charge in [0.05, 0.1) is 12.6 Å². The van der Waals surface area contributed by atoms with Crippen molar-refractivity contribution >= 4 is 29.1 Å². The summed E-state index contributed by atoms with van der Waals surface area (Å²) in [6.45, 7) is 0.188. The summed E-state index contributed by atoms with van der Waals surface area (Å²) in [5, 5.41) is 13.5. The number of hydrogen-bond donors (Lipinski definition) is 2. The van der Waals surface area contributed by atoms with Crippen LogP contribution in [0.2, 0.25) is 5.02 Å². The molecule has 2 N–H and O–H groups in total. The Hall–Kier alpha value is -0.380. The topological polar surface area (TPSA) is 32.3 Å². The van der Waals surface area contributed by atoms with Crippen molar-refractivity contribution in [2.75, 3.05) is 23.4 Å². The summed E-state index contributed by atoms with van der Waals surface area (Å²) in [5.41, 5.74) is 1.03. The summed E-state index contributed by atoms with van der Waals surface area (Å²) in [6.07, 6.45) is 1.19. The molecule has 88 valence electrons. The number of halogens is 1. The van der Waals surface area contributed by atoms with Crippen molar-refractivity contribution in [2.24, 2.45) is 5.92 Å². The van der Waals surface area contributed by atoms with Crippen molar-refractivity contribution in [2.45, 2.75) is 12.5 Å². The molecule has 1 aliphatic rings. The summed E-state index contributed by atoms with van der Waals surface area (Å²) in [7, 11) is 0. The molecule has 1 aromatic rings. The van der Waals surface area contributed by atoms with E-state index in [-0.39, 0.29) is 12.6 Å². The summed E-state index contributed by atoms with van der Waals surface area (Å²) in [5.74, 6) is 2.93. The van der Waals surface area contributed by atoms with Crippen LogP contribution in [0.25, 0.3) is 0 Å². The molecule has 2 unspecified atom stereocenters. The molecular formula is C12H16ClNOS. The van der Waals surface area contributed by atoms with Gasteiger partial charge in [0.25, 0.3) is 0 Å². The molecule has 2 atom stereocenters. The number of hydrogen-bond acceptors (Lipinski definition) is 3. The fourth-order valence-corrected chi connectivity index (χ4v) is 3.41. The Kier molecular flexibility index (Phi) is 4.38. The molecule has 1 aromatic carbocycles. The second-order valence-electron chi connectivity index (χ2n) is 4.06. The van der Waals surface area contributed by atoms with E-state index in [4.69, 9.17) is 11.6 Å². The minimum Gasteiger partial charge on any atom is -0.394 e. The summed E-state index contributed by atoms with van der Waals surface area (Å²) in [6, 6.07) is 7.79. The van der Waals surface area contributed by atoms with Crippen molar-refractivity contribution < 1.29 is 5.11 Å². The van der Waals surface area contributed by atoms with Crippen LogP contribution in [0, 0.1) is 5.92 Å². The Bertz CT molecular complexity index is 324. The van der Waals surface area contributed by atoms with E-state index in [9.17, 15) is 5.11 Å². The first-order valence-corrected chi connectivity index (χ1v) is 7.03. The molecule has 0 saturated carbocycles. The first-order valence-electron chi connectivity index (χ1n) is 5.50. The Morgan fingerprint density at radius 1 is 1.44 bits per heavy atom. The lowest BCUT2D eigenvalue weighted by molar-refractivity contribution is 0.245. The first-order chi connectivity index (χ1) is 7.79. The molecule has 1 saturated heterocycles. The van der Waals surface area contributed by atoms with Gasteiger partial charge in [0.2, 0.25) is 0 Å². The lowest BCUT2D eigenvalue weighted by Gasteiger charge is -2.23. The Morgan fingerprint density at radius 3 is 2.75 bits per heavy atom. The SMILES string of the molecule is OCC(Nc1ccc(Cl)cc1)C1CCSC1. The van der Waals surface area contributed by atoms with E-state index in [0.717, 1.165) is 16.5 Å². The number of thioether (sulfide) groups is 1. The fourth-order valence-electron chi connectivity index (χ4n) is 1.94. The monoisotopic (exact) mass is 257 g/mol. The van der Waals surface area contributed by atoms with E-state index in [2.05, 4.69) is 5.32 Å². The zero-order valence-corrected chi connectivity index (χ0v) is 10.6. The normalized spacial score (nSPS) is 22.0. The average Bonchev–Trinajstić information content (AvgIpc) is 2.82. The van der Waals surface area contributed by atoms with E-state index in [0.29, 0.717) is 5.92 Å². The van der Waals surface area contributed by atoms with Gasteiger partial charge in [0.15, 0.2) is 0 Å². The lowest BCUT2D eigenvalue weighted by atomic mass is 9.99. The van der Waals surface area contributed by atoms with Crippen LogP contribution in [-0.4, -0.2) is 29.3 Å². The van der Waals surface area contributed by atoms with Gasteiger partial charge < -0.3 is 10.4 Å². The standard InChI is InChI=1S/C12H16ClNOS/c13-10-1-3-11(4-2-10)14-12(7-15)9-5-6-16-8-9/h1-4,9,12,14-15H,5-8H2. The minimum absolute atomic E-state index is 0.163. The zero-order valence-electron chi connectivity index (χ0n) is 9.03. The Morgan fingerprint density at radius 2 is 2.19 bits per heavy atom. The van der Waals surface area contributed by atoms with Gasteiger partial charge in [-0.15, -0.1) is 0 Å². The van der Waals surface area contributed by atoms with Crippen LogP contribution in [0.3, 0.4) is 0 Å². The predicted octanol–water partition coefficient (Wildman–Crippen LogP) is 2.87. The van der Waals surface area contributed by atoms with Gasteiger partial charge in [-0.2, -0.15) is 11.8 Å². The van der Waals surface area contributed by atoms with Crippen LogP contribution in [0.1, 0.15) is 6.42 Å². The molecule has 2 rings (SSSR count). The molecule has 16 heavy (non-hydrogen) atoms. The van der Waals surface area contributed by atoms with Gasteiger partial charge in [0, 0.05) is 10.7 Å². The Balaban J connectivity index is 1.97. The lowest BCUT2D eigenvalue weighted by Crippen LogP contribution is -2.32. The fraction of sp³-hybridized carbons (Fsp3) is 0.500. The molecule has 0 bridgehead atoms. The molecule has 1 aliphatic heterocycles. The third-order valence-corrected chi connectivity index (χ3v) is 4.37. The van der Waals surface area contributed by atoms with Gasteiger partial charge >= 0.3 is 0 Å². The second-order valence-corrected chi connectivity index (χ2v) is 5.65. The summed E-state index contributed by atoms with van der Waals surface area (Å²) < 4.78 is 0. The third kappa shape index (κ3) is 3.06. The molecule has 2 nitrogen and oxygen atoms in total. The number of aliphatic hydroxyl groups excluding tert-OH is 1. The van der Waals surface area contributed by atoms with E-state index in [1.54, 1.807) is 0 Å². The highest BCUT2D eigenvalue weighted by atomic mass is 35.5. The van der Waals surface area contributed by atoms with E-state index in [1.807, 2.05) is 36.0 Å². The predicted molar refractivity (Wildman–Crippen MR) is 71.4 cm³/mol. The van der Waals surface area contributed by atoms with E-state index < -0.39 is 0 Å². The van der Waals surface area contributed by atoms with Gasteiger partial charge in [-0.25, -0.2) is 0 Å². The van der Waals surface area contributed by atoms with Gasteiger partial charge in [-0.3, -0.25) is 0 Å². The second kappa shape index (κ2) is 5.80. The molecule has 0 radical (unpaired) electrons. The molecular weight excluding hydrogens is 242 g/mol. The minimum atomic E-state index is 0.163. The van der Waals surface area contributed by atoms with Crippen LogP contribution in [0.5, 0.6) is 0 Å². The van der Waals surface area contributed by atoms with Crippen LogP contribution in [-0.2, 0) is 0 Å². The van der Waals surface area contributed by atoms with Crippen LogP contribution in [0.15, 0.2) is 24.3 Å². The zero-order chi connectivity index (χ0) is 11.4. The van der Waals surface area contributed by atoms with Crippen LogP contribution < -0.4 is 5.32 Å². The maximum Gasteiger partial charge on any atom is 0.0635 e. The van der Waals surface area contributed by atoms with Crippen molar-refractivity contribution in [1.29, 1.82) is 0 Å². The quantitative estimate of drug-likeness (QED) is 0.870. The van der Waals surface area contributed by atoms with Crippen molar-refractivity contribution in [3.05, 3.63) is 29.3 Å². The smallest absolute Gasteiger partial charge is 0.0635 e. The van der Waals surface area contributed by atoms with Gasteiger partial charge in [-0.05, 0) is 48.1 Å². The molecule has 1 fully saturated rings. The van der Waals surface area contributed by atoms with Crippen LogP contribution >= 0.6 is 23.4 Å². The molecule has 0 amide bonds. The molecule has 0 spiro atoms. The molecule has 4 heteroatoms.